The highest BCUT2D eigenvalue weighted by atomic mass is 16.4. The highest BCUT2D eigenvalue weighted by Gasteiger charge is 2.19. The van der Waals surface area contributed by atoms with Crippen LogP contribution in [0.5, 0.6) is 0 Å². The number of nitrogens with zero attached hydrogens (tertiary/aromatic N) is 5. The second kappa shape index (κ2) is 3.01. The standard InChI is InChI=1S/C9H9N5O/c15-13-7-2-1-3-8-6(7)4-10-9-11-5-12-14(8)9/h4-5,15H,1-3H2. The van der Waals surface area contributed by atoms with Gasteiger partial charge in [0.15, 0.2) is 0 Å². The molecule has 1 N–H and O–H groups in total. The Morgan fingerprint density at radius 2 is 2.27 bits per heavy atom. The number of rotatable bonds is 0. The van der Waals surface area contributed by atoms with E-state index in [1.165, 1.54) is 6.33 Å². The van der Waals surface area contributed by atoms with Crippen molar-refractivity contribution in [3.63, 3.8) is 0 Å². The van der Waals surface area contributed by atoms with Crippen LogP contribution < -0.4 is 0 Å². The highest BCUT2D eigenvalue weighted by Crippen LogP contribution is 2.20. The summed E-state index contributed by atoms with van der Waals surface area (Å²) in [7, 11) is 0. The molecule has 2 heterocycles. The van der Waals surface area contributed by atoms with Gasteiger partial charge in [0, 0.05) is 11.8 Å². The van der Waals surface area contributed by atoms with Crippen LogP contribution in [0.2, 0.25) is 0 Å². The predicted molar refractivity (Wildman–Crippen MR) is 52.0 cm³/mol. The number of aromatic nitrogens is 4. The molecule has 0 bridgehead atoms. The van der Waals surface area contributed by atoms with E-state index in [9.17, 15) is 0 Å². The Morgan fingerprint density at radius 1 is 1.33 bits per heavy atom. The van der Waals surface area contributed by atoms with Gasteiger partial charge in [-0.2, -0.15) is 10.1 Å². The number of aryl methyl sites for hydroxylation is 1. The third-order valence-corrected chi connectivity index (χ3v) is 2.66. The average Bonchev–Trinajstić information content (AvgIpc) is 2.76. The van der Waals surface area contributed by atoms with E-state index in [-0.39, 0.29) is 0 Å². The van der Waals surface area contributed by atoms with Gasteiger partial charge in [0.1, 0.15) is 6.33 Å². The molecule has 0 saturated carbocycles. The molecule has 3 rings (SSSR count). The van der Waals surface area contributed by atoms with Gasteiger partial charge >= 0.3 is 0 Å². The fraction of sp³-hybridized carbons (Fsp3) is 0.333. The van der Waals surface area contributed by atoms with E-state index in [2.05, 4.69) is 20.2 Å². The van der Waals surface area contributed by atoms with Crippen molar-refractivity contribution in [1.29, 1.82) is 0 Å². The molecule has 0 spiro atoms. The number of fused-ring (bicyclic) bond motifs is 3. The number of hydrogen-bond donors (Lipinski definition) is 1. The van der Waals surface area contributed by atoms with Gasteiger partial charge in [0.25, 0.3) is 5.78 Å². The lowest BCUT2D eigenvalue weighted by Crippen LogP contribution is -2.17. The summed E-state index contributed by atoms with van der Waals surface area (Å²) in [6.45, 7) is 0. The average molecular weight is 203 g/mol. The van der Waals surface area contributed by atoms with Gasteiger partial charge < -0.3 is 5.21 Å². The van der Waals surface area contributed by atoms with Crippen LogP contribution >= 0.6 is 0 Å². The van der Waals surface area contributed by atoms with Gasteiger partial charge in [-0.1, -0.05) is 5.16 Å². The quantitative estimate of drug-likeness (QED) is 0.503. The van der Waals surface area contributed by atoms with Gasteiger partial charge in [-0.15, -0.1) is 0 Å². The molecule has 0 atom stereocenters. The topological polar surface area (TPSA) is 75.7 Å². The molecule has 0 unspecified atom stereocenters. The molecule has 2 aromatic heterocycles. The lowest BCUT2D eigenvalue weighted by Gasteiger charge is -2.16. The summed E-state index contributed by atoms with van der Waals surface area (Å²) in [6.07, 6.45) is 5.84. The Balaban J connectivity index is 2.34. The summed E-state index contributed by atoms with van der Waals surface area (Å²) < 4.78 is 1.71. The second-order valence-electron chi connectivity index (χ2n) is 3.49. The number of oxime groups is 1. The minimum atomic E-state index is 0.591. The molecule has 0 radical (unpaired) electrons. The van der Waals surface area contributed by atoms with E-state index in [4.69, 9.17) is 5.21 Å². The van der Waals surface area contributed by atoms with Crippen LogP contribution in [0.3, 0.4) is 0 Å². The molecule has 76 valence electrons. The van der Waals surface area contributed by atoms with Crippen LogP contribution in [0.4, 0.5) is 0 Å². The van der Waals surface area contributed by atoms with Crippen LogP contribution in [-0.4, -0.2) is 30.5 Å². The summed E-state index contributed by atoms with van der Waals surface area (Å²) in [5, 5.41) is 16.3. The van der Waals surface area contributed by atoms with Crippen molar-refractivity contribution in [3.05, 3.63) is 23.8 Å². The second-order valence-corrected chi connectivity index (χ2v) is 3.49. The molecule has 0 fully saturated rings. The van der Waals surface area contributed by atoms with Crippen molar-refractivity contribution in [2.24, 2.45) is 5.16 Å². The Morgan fingerprint density at radius 3 is 3.13 bits per heavy atom. The van der Waals surface area contributed by atoms with E-state index >= 15 is 0 Å². The Labute approximate surface area is 85.3 Å². The molecule has 0 aliphatic heterocycles. The molecule has 6 nitrogen and oxygen atoms in total. The molecule has 0 amide bonds. The minimum Gasteiger partial charge on any atom is -0.411 e. The number of hydrogen-bond acceptors (Lipinski definition) is 5. The molecule has 2 aromatic rings. The van der Waals surface area contributed by atoms with Gasteiger partial charge in [-0.05, 0) is 19.3 Å². The molecule has 1 aliphatic carbocycles. The van der Waals surface area contributed by atoms with Crippen LogP contribution in [0.15, 0.2) is 17.7 Å². The van der Waals surface area contributed by atoms with Crippen molar-refractivity contribution in [1.82, 2.24) is 19.6 Å². The van der Waals surface area contributed by atoms with Crippen LogP contribution in [-0.2, 0) is 6.42 Å². The zero-order valence-electron chi connectivity index (χ0n) is 7.96. The zero-order chi connectivity index (χ0) is 10.3. The first-order valence-corrected chi connectivity index (χ1v) is 4.79. The van der Waals surface area contributed by atoms with Gasteiger partial charge in [0.05, 0.1) is 11.4 Å². The smallest absolute Gasteiger partial charge is 0.252 e. The van der Waals surface area contributed by atoms with Crippen molar-refractivity contribution in [3.8, 4) is 0 Å². The maximum Gasteiger partial charge on any atom is 0.252 e. The van der Waals surface area contributed by atoms with Crippen LogP contribution in [0.25, 0.3) is 5.78 Å². The van der Waals surface area contributed by atoms with Gasteiger partial charge in [-0.25, -0.2) is 9.50 Å². The summed E-state index contributed by atoms with van der Waals surface area (Å²) in [5.74, 6) is 0.591. The monoisotopic (exact) mass is 203 g/mol. The maximum atomic E-state index is 8.88. The van der Waals surface area contributed by atoms with Crippen LogP contribution in [0, 0.1) is 0 Å². The zero-order valence-corrected chi connectivity index (χ0v) is 7.96. The SMILES string of the molecule is ON=C1CCCc2c1cnc1ncnn21. The Kier molecular flexibility index (Phi) is 1.67. The molecular formula is C9H9N5O. The summed E-state index contributed by atoms with van der Waals surface area (Å²) >= 11 is 0. The maximum absolute atomic E-state index is 8.88. The molecule has 15 heavy (non-hydrogen) atoms. The Hall–Kier alpha value is -1.98. The first kappa shape index (κ1) is 8.34. The summed E-state index contributed by atoms with van der Waals surface area (Å²) in [6, 6.07) is 0. The Bertz CT molecular complexity index is 544. The van der Waals surface area contributed by atoms with E-state index < -0.39 is 0 Å². The normalized spacial score (nSPS) is 18.3. The predicted octanol–water partition coefficient (Wildman–Crippen LogP) is 0.639. The summed E-state index contributed by atoms with van der Waals surface area (Å²) in [4.78, 5) is 8.17. The molecule has 0 aromatic carbocycles. The molecule has 1 aliphatic rings. The molecule has 6 heteroatoms. The fourth-order valence-corrected chi connectivity index (χ4v) is 1.97. The largest absolute Gasteiger partial charge is 0.411 e. The third-order valence-electron chi connectivity index (χ3n) is 2.66. The van der Waals surface area contributed by atoms with Crippen LogP contribution in [0.1, 0.15) is 24.1 Å². The lowest BCUT2D eigenvalue weighted by atomic mass is 9.95. The van der Waals surface area contributed by atoms with Gasteiger partial charge in [-0.3, -0.25) is 0 Å². The van der Waals surface area contributed by atoms with E-state index in [0.29, 0.717) is 11.5 Å². The first-order chi connectivity index (χ1) is 7.40. The third kappa shape index (κ3) is 1.11. The van der Waals surface area contributed by atoms with Crippen molar-refractivity contribution >= 4 is 11.5 Å². The van der Waals surface area contributed by atoms with E-state index in [1.54, 1.807) is 10.7 Å². The van der Waals surface area contributed by atoms with Gasteiger partial charge in [0.2, 0.25) is 0 Å². The summed E-state index contributed by atoms with van der Waals surface area (Å²) in [5.41, 5.74) is 2.58. The van der Waals surface area contributed by atoms with Crippen molar-refractivity contribution in [2.45, 2.75) is 19.3 Å². The molecule has 0 saturated heterocycles. The highest BCUT2D eigenvalue weighted by molar-refractivity contribution is 6.01. The lowest BCUT2D eigenvalue weighted by molar-refractivity contribution is 0.317. The van der Waals surface area contributed by atoms with E-state index in [1.807, 2.05) is 0 Å². The van der Waals surface area contributed by atoms with Crippen molar-refractivity contribution in [2.75, 3.05) is 0 Å². The molecular weight excluding hydrogens is 194 g/mol. The minimum absolute atomic E-state index is 0.591. The first-order valence-electron chi connectivity index (χ1n) is 4.79. The fourth-order valence-electron chi connectivity index (χ4n) is 1.97. The van der Waals surface area contributed by atoms with Crippen molar-refractivity contribution < 1.29 is 5.21 Å². The van der Waals surface area contributed by atoms with E-state index in [0.717, 1.165) is 30.5 Å².